The van der Waals surface area contributed by atoms with Crippen molar-refractivity contribution in [3.63, 3.8) is 0 Å². The molecule has 1 N–H and O–H groups in total. The summed E-state index contributed by atoms with van der Waals surface area (Å²) >= 11 is 0. The first-order valence-corrected chi connectivity index (χ1v) is 18.6. The zero-order valence-corrected chi connectivity index (χ0v) is 33.5. The maximum atomic E-state index is 12.9. The van der Waals surface area contributed by atoms with Crippen molar-refractivity contribution in [3.05, 3.63) is 71.8 Å². The predicted octanol–water partition coefficient (Wildman–Crippen LogP) is 2.74. The number of ketones is 1. The lowest BCUT2D eigenvalue weighted by molar-refractivity contribution is -0.349. The van der Waals surface area contributed by atoms with Crippen molar-refractivity contribution in [2.75, 3.05) is 13.2 Å². The van der Waals surface area contributed by atoms with Crippen LogP contribution in [0, 0.1) is 5.92 Å². The number of rotatable bonds is 17. The molecule has 19 heteroatoms. The molecule has 0 radical (unpaired) electrons. The summed E-state index contributed by atoms with van der Waals surface area (Å²) in [5, 5.41) is 10.2. The molecule has 2 saturated heterocycles. The van der Waals surface area contributed by atoms with Crippen molar-refractivity contribution in [2.24, 2.45) is 5.92 Å². The Bertz CT molecular complexity index is 1890. The number of carbonyl (C=O) groups excluding carboxylic acids is 7. The molecule has 0 aromatic heterocycles. The minimum absolute atomic E-state index is 0.0972. The van der Waals surface area contributed by atoms with Crippen LogP contribution in [-0.2, 0) is 76.2 Å². The highest BCUT2D eigenvalue weighted by Gasteiger charge is 2.57. The average molecular weight is 843 g/mol. The van der Waals surface area contributed by atoms with Gasteiger partial charge < -0.3 is 52.5 Å². The van der Waals surface area contributed by atoms with Crippen molar-refractivity contribution >= 4 is 53.6 Å². The molecule has 0 spiro atoms. The van der Waals surface area contributed by atoms with E-state index >= 15 is 0 Å². The average Bonchev–Trinajstić information content (AvgIpc) is 3.16. The normalized spacial score (nSPS) is 26.2. The number of allylic oxidation sites excluding steroid dienone is 1. The molecule has 4 rings (SSSR count). The number of aliphatic carboxylic acids is 1. The molecule has 2 heterocycles. The van der Waals surface area contributed by atoms with Crippen molar-refractivity contribution in [3.8, 4) is 5.75 Å². The second-order valence-corrected chi connectivity index (χ2v) is 13.6. The van der Waals surface area contributed by atoms with Gasteiger partial charge in [0.2, 0.25) is 6.29 Å². The van der Waals surface area contributed by atoms with Gasteiger partial charge in [0.1, 0.15) is 31.2 Å². The van der Waals surface area contributed by atoms with Gasteiger partial charge in [0, 0.05) is 53.0 Å². The van der Waals surface area contributed by atoms with E-state index < -0.39 is 123 Å². The summed E-state index contributed by atoms with van der Waals surface area (Å²) in [6.07, 6.45) is -12.2. The van der Waals surface area contributed by atoms with Crippen LogP contribution in [0.25, 0.3) is 6.08 Å². The second kappa shape index (κ2) is 21.7. The van der Waals surface area contributed by atoms with Crippen LogP contribution < -0.4 is 4.74 Å². The minimum atomic E-state index is -1.84. The SMILES string of the molecule is CC(=O)OC[C@@H]1O[C@H](Oc2ccc(C(=O)/C=C/c3ccccc3)cc2)[C@@H](OC(C)=O)[C@H](CC(=O)O)[C@H]1O[C@H]1O[C@@H](COC(C)=O)[C@H](OC(C)=O)[C@@H](OC(C)=O)[C@@H]1OC(C)=O. The van der Waals surface area contributed by atoms with Crippen LogP contribution in [0.15, 0.2) is 60.7 Å². The van der Waals surface area contributed by atoms with Crippen molar-refractivity contribution in [1.29, 1.82) is 0 Å². The number of hydrogen-bond donors (Lipinski definition) is 1. The third-order valence-electron chi connectivity index (χ3n) is 8.81. The van der Waals surface area contributed by atoms with E-state index in [0.717, 1.165) is 47.1 Å². The molecule has 0 saturated carbocycles. The van der Waals surface area contributed by atoms with Gasteiger partial charge in [-0.2, -0.15) is 0 Å². The van der Waals surface area contributed by atoms with Crippen molar-refractivity contribution < 1.29 is 90.8 Å². The van der Waals surface area contributed by atoms with Crippen LogP contribution in [0.2, 0.25) is 0 Å². The number of ether oxygens (including phenoxy) is 10. The summed E-state index contributed by atoms with van der Waals surface area (Å²) in [7, 11) is 0. The quantitative estimate of drug-likeness (QED) is 0.104. The molecular weight excluding hydrogens is 796 g/mol. The molecule has 0 unspecified atom stereocenters. The Morgan fingerprint density at radius 3 is 1.62 bits per heavy atom. The van der Waals surface area contributed by atoms with Gasteiger partial charge in [0.05, 0.1) is 12.5 Å². The van der Waals surface area contributed by atoms with E-state index in [2.05, 4.69) is 0 Å². The largest absolute Gasteiger partial charge is 0.481 e. The summed E-state index contributed by atoms with van der Waals surface area (Å²) in [6.45, 7) is 5.11. The fourth-order valence-corrected chi connectivity index (χ4v) is 6.49. The lowest BCUT2D eigenvalue weighted by Gasteiger charge is -2.49. The Morgan fingerprint density at radius 2 is 1.08 bits per heavy atom. The molecule has 19 nitrogen and oxygen atoms in total. The van der Waals surface area contributed by atoms with Gasteiger partial charge in [-0.1, -0.05) is 36.4 Å². The Balaban J connectivity index is 1.75. The third kappa shape index (κ3) is 13.7. The van der Waals surface area contributed by atoms with E-state index in [4.69, 9.17) is 47.4 Å². The molecule has 324 valence electrons. The zero-order valence-electron chi connectivity index (χ0n) is 33.5. The molecular formula is C41H46O19. The van der Waals surface area contributed by atoms with Crippen molar-refractivity contribution in [2.45, 2.75) is 103 Å². The monoisotopic (exact) mass is 842 g/mol. The maximum absolute atomic E-state index is 12.9. The Hall–Kier alpha value is -6.18. The van der Waals surface area contributed by atoms with E-state index in [0.29, 0.717) is 5.56 Å². The molecule has 2 aliphatic heterocycles. The molecule has 0 aliphatic carbocycles. The summed E-state index contributed by atoms with van der Waals surface area (Å²) in [4.78, 5) is 99.0. The van der Waals surface area contributed by atoms with Crippen LogP contribution in [0.1, 0.15) is 63.9 Å². The van der Waals surface area contributed by atoms with Crippen LogP contribution >= 0.6 is 0 Å². The van der Waals surface area contributed by atoms with Gasteiger partial charge in [-0.3, -0.25) is 38.4 Å². The predicted molar refractivity (Wildman–Crippen MR) is 200 cm³/mol. The topological polar surface area (TPSA) is 249 Å². The van der Waals surface area contributed by atoms with Crippen molar-refractivity contribution in [1.82, 2.24) is 0 Å². The fourth-order valence-electron chi connectivity index (χ4n) is 6.49. The van der Waals surface area contributed by atoms with Gasteiger partial charge in [0.25, 0.3) is 0 Å². The number of carboxylic acids is 1. The van der Waals surface area contributed by atoms with E-state index in [1.807, 2.05) is 30.3 Å². The Kier molecular flexibility index (Phi) is 16.8. The van der Waals surface area contributed by atoms with E-state index in [9.17, 15) is 43.5 Å². The maximum Gasteiger partial charge on any atom is 0.303 e. The van der Waals surface area contributed by atoms with Gasteiger partial charge in [-0.05, 0) is 35.9 Å². The smallest absolute Gasteiger partial charge is 0.303 e. The van der Waals surface area contributed by atoms with Crippen LogP contribution in [0.4, 0.5) is 0 Å². The standard InChI is InChI=1S/C41H46O19/c1-21(42)51-19-32-35(60-41-39(56-26(6)47)38(55-25(5)46)37(54-24(4)45)33(59-41)20-52-22(2)43)30(18-34(49)50)36(53-23(3)44)40(58-32)57-29-15-13-28(14-16-29)31(48)17-12-27-10-8-7-9-11-27/h7-17,30,32-33,35-41H,18-20H2,1-6H3,(H,49,50)/b17-12+/t30-,32+,33+,35-,36+,37+,38-,39+,40+,41-/m1/s1. The van der Waals surface area contributed by atoms with Crippen LogP contribution in [0.3, 0.4) is 0 Å². The molecule has 2 aromatic rings. The van der Waals surface area contributed by atoms with E-state index in [1.54, 1.807) is 6.08 Å². The highest BCUT2D eigenvalue weighted by atomic mass is 16.8. The number of hydrogen-bond acceptors (Lipinski definition) is 18. The molecule has 60 heavy (non-hydrogen) atoms. The molecule has 2 aromatic carbocycles. The number of esters is 6. The highest BCUT2D eigenvalue weighted by Crippen LogP contribution is 2.38. The lowest BCUT2D eigenvalue weighted by atomic mass is 9.85. The minimum Gasteiger partial charge on any atom is -0.481 e. The summed E-state index contributed by atoms with van der Waals surface area (Å²) in [5.41, 5.74) is 1.11. The first kappa shape index (κ1) is 46.5. The second-order valence-electron chi connectivity index (χ2n) is 13.6. The molecule has 10 atom stereocenters. The number of carboxylic acid groups (broad SMARTS) is 1. The van der Waals surface area contributed by atoms with Gasteiger partial charge in [-0.25, -0.2) is 0 Å². The molecule has 2 aliphatic rings. The first-order chi connectivity index (χ1) is 28.4. The number of benzene rings is 2. The van der Waals surface area contributed by atoms with Gasteiger partial charge in [0.15, 0.2) is 36.5 Å². The van der Waals surface area contributed by atoms with E-state index in [1.165, 1.54) is 30.3 Å². The third-order valence-corrected chi connectivity index (χ3v) is 8.81. The first-order valence-electron chi connectivity index (χ1n) is 18.6. The van der Waals surface area contributed by atoms with Crippen LogP contribution in [-0.4, -0.2) is 121 Å². The highest BCUT2D eigenvalue weighted by molar-refractivity contribution is 6.06. The van der Waals surface area contributed by atoms with Crippen LogP contribution in [0.5, 0.6) is 5.75 Å². The molecule has 2 fully saturated rings. The van der Waals surface area contributed by atoms with Gasteiger partial charge in [-0.15, -0.1) is 0 Å². The Morgan fingerprint density at radius 1 is 0.583 bits per heavy atom. The fraction of sp³-hybridized carbons (Fsp3) is 0.463. The molecule has 0 amide bonds. The zero-order chi connectivity index (χ0) is 44.1. The molecule has 0 bridgehead atoms. The number of carbonyl (C=O) groups is 8. The van der Waals surface area contributed by atoms with E-state index in [-0.39, 0.29) is 11.5 Å². The summed E-state index contributed by atoms with van der Waals surface area (Å²) in [5.74, 6) is -8.23. The lowest BCUT2D eigenvalue weighted by Crippen LogP contribution is -2.66. The Labute approximate surface area is 344 Å². The van der Waals surface area contributed by atoms with Gasteiger partial charge >= 0.3 is 41.8 Å². The summed E-state index contributed by atoms with van der Waals surface area (Å²) in [6, 6.07) is 15.0. The summed E-state index contributed by atoms with van der Waals surface area (Å²) < 4.78 is 57.2.